The molecule has 0 bridgehead atoms. The largest absolute Gasteiger partial charge is 0.298 e. The van der Waals surface area contributed by atoms with Crippen LogP contribution in [0.4, 0.5) is 0 Å². The van der Waals surface area contributed by atoms with Gasteiger partial charge in [-0.15, -0.1) is 0 Å². The Bertz CT molecular complexity index is 632. The van der Waals surface area contributed by atoms with Gasteiger partial charge in [0.1, 0.15) is 0 Å². The van der Waals surface area contributed by atoms with Crippen LogP contribution < -0.4 is 0 Å². The zero-order valence-electron chi connectivity index (χ0n) is 13.3. The first-order valence-corrected chi connectivity index (χ1v) is 8.39. The summed E-state index contributed by atoms with van der Waals surface area (Å²) >= 11 is 0. The number of rotatable bonds is 3. The van der Waals surface area contributed by atoms with Crippen molar-refractivity contribution in [1.82, 2.24) is 19.7 Å². The third-order valence-electron chi connectivity index (χ3n) is 5.28. The maximum atomic E-state index is 4.66. The molecule has 4 rings (SSSR count). The normalized spacial score (nSPS) is 21.0. The summed E-state index contributed by atoms with van der Waals surface area (Å²) in [5.74, 6) is 0. The molecule has 0 aromatic carbocycles. The number of aryl methyl sites for hydroxylation is 1. The van der Waals surface area contributed by atoms with E-state index in [0.29, 0.717) is 5.41 Å². The molecule has 1 aliphatic heterocycles. The molecule has 116 valence electrons. The van der Waals surface area contributed by atoms with E-state index in [1.807, 2.05) is 36.3 Å². The summed E-state index contributed by atoms with van der Waals surface area (Å²) in [4.78, 5) is 6.70. The van der Waals surface area contributed by atoms with Crippen molar-refractivity contribution >= 4 is 0 Å². The van der Waals surface area contributed by atoms with Crippen LogP contribution >= 0.6 is 0 Å². The third-order valence-corrected chi connectivity index (χ3v) is 5.28. The Morgan fingerprint density at radius 1 is 1.09 bits per heavy atom. The Hall–Kier alpha value is -1.68. The molecule has 1 saturated heterocycles. The van der Waals surface area contributed by atoms with Gasteiger partial charge in [-0.25, -0.2) is 0 Å². The molecule has 2 fully saturated rings. The first-order chi connectivity index (χ1) is 10.7. The second kappa shape index (κ2) is 5.51. The number of aromatic nitrogens is 3. The van der Waals surface area contributed by atoms with Crippen molar-refractivity contribution in [3.8, 4) is 11.3 Å². The summed E-state index contributed by atoms with van der Waals surface area (Å²) in [7, 11) is 2.01. The van der Waals surface area contributed by atoms with Crippen molar-refractivity contribution in [3.05, 3.63) is 36.3 Å². The maximum absolute atomic E-state index is 4.66. The van der Waals surface area contributed by atoms with Gasteiger partial charge in [-0.3, -0.25) is 14.6 Å². The molecule has 2 aromatic heterocycles. The summed E-state index contributed by atoms with van der Waals surface area (Å²) in [6.07, 6.45) is 13.0. The quantitative estimate of drug-likeness (QED) is 0.872. The van der Waals surface area contributed by atoms with Crippen LogP contribution in [0.25, 0.3) is 11.3 Å². The van der Waals surface area contributed by atoms with Gasteiger partial charge < -0.3 is 0 Å². The molecule has 0 N–H and O–H groups in total. The Kier molecular flexibility index (Phi) is 3.49. The minimum atomic E-state index is 0.650. The summed E-state index contributed by atoms with van der Waals surface area (Å²) in [6, 6.07) is 4.09. The molecule has 1 saturated carbocycles. The summed E-state index contributed by atoms with van der Waals surface area (Å²) in [5.41, 5.74) is 4.25. The van der Waals surface area contributed by atoms with Crippen molar-refractivity contribution in [1.29, 1.82) is 0 Å². The number of hydrogen-bond donors (Lipinski definition) is 0. The number of hydrogen-bond acceptors (Lipinski definition) is 3. The summed E-state index contributed by atoms with van der Waals surface area (Å²) in [6.45, 7) is 3.57. The first kappa shape index (κ1) is 13.9. The number of pyridine rings is 1. The highest BCUT2D eigenvalue weighted by atomic mass is 15.3. The van der Waals surface area contributed by atoms with E-state index < -0.39 is 0 Å². The van der Waals surface area contributed by atoms with E-state index in [0.717, 1.165) is 12.2 Å². The predicted molar refractivity (Wildman–Crippen MR) is 87.2 cm³/mol. The van der Waals surface area contributed by atoms with E-state index in [1.54, 1.807) is 0 Å². The second-order valence-corrected chi connectivity index (χ2v) is 7.12. The number of nitrogens with zero attached hydrogens (tertiary/aromatic N) is 4. The molecule has 2 aromatic rings. The van der Waals surface area contributed by atoms with E-state index in [-0.39, 0.29) is 0 Å². The predicted octanol–water partition coefficient (Wildman–Crippen LogP) is 3.25. The van der Waals surface area contributed by atoms with Gasteiger partial charge in [0.15, 0.2) is 0 Å². The Morgan fingerprint density at radius 2 is 1.82 bits per heavy atom. The lowest BCUT2D eigenvalue weighted by molar-refractivity contribution is -0.0331. The van der Waals surface area contributed by atoms with E-state index in [4.69, 9.17) is 0 Å². The average molecular weight is 296 g/mol. The van der Waals surface area contributed by atoms with Crippen LogP contribution in [0.15, 0.2) is 30.7 Å². The lowest BCUT2D eigenvalue weighted by atomic mass is 9.68. The fourth-order valence-corrected chi connectivity index (χ4v) is 4.28. The summed E-state index contributed by atoms with van der Waals surface area (Å²) in [5, 5.41) is 4.66. The molecule has 1 spiro atoms. The van der Waals surface area contributed by atoms with Crippen LogP contribution in [0.5, 0.6) is 0 Å². The van der Waals surface area contributed by atoms with Crippen LogP contribution in [0.3, 0.4) is 0 Å². The van der Waals surface area contributed by atoms with Crippen molar-refractivity contribution in [2.24, 2.45) is 12.5 Å². The summed E-state index contributed by atoms with van der Waals surface area (Å²) < 4.78 is 1.93. The highest BCUT2D eigenvalue weighted by Gasteiger charge is 2.43. The lowest BCUT2D eigenvalue weighted by Crippen LogP contribution is -2.56. The highest BCUT2D eigenvalue weighted by Crippen LogP contribution is 2.44. The van der Waals surface area contributed by atoms with Gasteiger partial charge >= 0.3 is 0 Å². The van der Waals surface area contributed by atoms with Gasteiger partial charge in [-0.05, 0) is 30.4 Å². The molecule has 0 radical (unpaired) electrons. The molecular formula is C18H24N4. The van der Waals surface area contributed by atoms with E-state index in [2.05, 4.69) is 21.2 Å². The van der Waals surface area contributed by atoms with Crippen molar-refractivity contribution in [2.75, 3.05) is 13.1 Å². The molecule has 0 unspecified atom stereocenters. The molecule has 0 atom stereocenters. The third kappa shape index (κ3) is 2.56. The first-order valence-electron chi connectivity index (χ1n) is 8.39. The zero-order valence-corrected chi connectivity index (χ0v) is 13.3. The van der Waals surface area contributed by atoms with Crippen LogP contribution in [0, 0.1) is 5.41 Å². The fourth-order valence-electron chi connectivity index (χ4n) is 4.28. The second-order valence-electron chi connectivity index (χ2n) is 7.12. The maximum Gasteiger partial charge on any atom is 0.0969 e. The fraction of sp³-hybridized carbons (Fsp3) is 0.556. The van der Waals surface area contributed by atoms with Gasteiger partial charge in [0.05, 0.1) is 5.69 Å². The van der Waals surface area contributed by atoms with E-state index in [9.17, 15) is 0 Å². The van der Waals surface area contributed by atoms with Gasteiger partial charge in [0.2, 0.25) is 0 Å². The van der Waals surface area contributed by atoms with Crippen LogP contribution in [-0.2, 0) is 13.6 Å². The molecular weight excluding hydrogens is 272 g/mol. The topological polar surface area (TPSA) is 34.0 Å². The smallest absolute Gasteiger partial charge is 0.0969 e. The SMILES string of the molecule is Cn1cc(CN2CC3(CCCCC3)C2)c(-c2ccncc2)n1. The molecule has 0 amide bonds. The average Bonchev–Trinajstić information content (AvgIpc) is 2.88. The van der Waals surface area contributed by atoms with Gasteiger partial charge in [-0.1, -0.05) is 19.3 Å². The minimum absolute atomic E-state index is 0.650. The molecule has 3 heterocycles. The van der Waals surface area contributed by atoms with Crippen molar-refractivity contribution < 1.29 is 0 Å². The zero-order chi connectivity index (χ0) is 15.0. The Morgan fingerprint density at radius 3 is 2.55 bits per heavy atom. The molecule has 22 heavy (non-hydrogen) atoms. The van der Waals surface area contributed by atoms with Crippen molar-refractivity contribution in [3.63, 3.8) is 0 Å². The van der Waals surface area contributed by atoms with Gasteiger partial charge in [-0.2, -0.15) is 5.10 Å². The standard InChI is InChI=1S/C18H24N4/c1-21-11-16(17(20-21)15-5-9-19-10-6-15)12-22-13-18(14-22)7-3-2-4-8-18/h5-6,9-11H,2-4,7-8,12-14H2,1H3. The highest BCUT2D eigenvalue weighted by molar-refractivity contribution is 5.61. The lowest BCUT2D eigenvalue weighted by Gasteiger charge is -2.52. The van der Waals surface area contributed by atoms with Crippen LogP contribution in [-0.4, -0.2) is 32.8 Å². The van der Waals surface area contributed by atoms with Crippen LogP contribution in [0.2, 0.25) is 0 Å². The number of likely N-dealkylation sites (tertiary alicyclic amines) is 1. The van der Waals surface area contributed by atoms with Gasteiger partial charge in [0.25, 0.3) is 0 Å². The molecule has 4 nitrogen and oxygen atoms in total. The Balaban J connectivity index is 1.48. The molecule has 1 aliphatic carbocycles. The van der Waals surface area contributed by atoms with E-state index in [1.165, 1.54) is 56.3 Å². The molecule has 4 heteroatoms. The molecule has 2 aliphatic rings. The van der Waals surface area contributed by atoms with Crippen LogP contribution in [0.1, 0.15) is 37.7 Å². The van der Waals surface area contributed by atoms with Gasteiger partial charge in [0, 0.05) is 56.4 Å². The van der Waals surface area contributed by atoms with Crippen molar-refractivity contribution in [2.45, 2.75) is 38.6 Å². The monoisotopic (exact) mass is 296 g/mol. The van der Waals surface area contributed by atoms with E-state index >= 15 is 0 Å². The minimum Gasteiger partial charge on any atom is -0.298 e. The Labute approximate surface area is 132 Å².